The molecular formula is C13H24N2O3. The zero-order valence-electron chi connectivity index (χ0n) is 11.7. The van der Waals surface area contributed by atoms with E-state index in [1.165, 1.54) is 7.11 Å². The van der Waals surface area contributed by atoms with Crippen molar-refractivity contribution in [1.29, 1.82) is 0 Å². The molecule has 0 aliphatic carbocycles. The standard InChI is InChI=1S/C9H18N2O.C4H6O2/c1-8(9(10)12)6-4-5-7-11(2)3;1-3-4(5)6-2/h6H,4-5,7H2,1-3H3,(H2,10,12);3H,1H2,2H3. The maximum absolute atomic E-state index is 10.6. The second-order valence-corrected chi connectivity index (χ2v) is 3.92. The van der Waals surface area contributed by atoms with Crippen molar-refractivity contribution in [2.24, 2.45) is 5.73 Å². The number of amides is 1. The highest BCUT2D eigenvalue weighted by Crippen LogP contribution is 1.97. The number of ether oxygens (including phenoxy) is 1. The number of methoxy groups -OCH3 is 1. The number of nitrogens with two attached hydrogens (primary N) is 1. The van der Waals surface area contributed by atoms with Crippen molar-refractivity contribution in [2.45, 2.75) is 19.8 Å². The number of unbranched alkanes of at least 4 members (excludes halogenated alkanes) is 1. The highest BCUT2D eigenvalue weighted by molar-refractivity contribution is 5.91. The van der Waals surface area contributed by atoms with Gasteiger partial charge in [-0.15, -0.1) is 0 Å². The summed E-state index contributed by atoms with van der Waals surface area (Å²) >= 11 is 0. The minimum absolute atomic E-state index is 0.320. The molecule has 0 atom stereocenters. The van der Waals surface area contributed by atoms with Gasteiger partial charge in [0.2, 0.25) is 5.91 Å². The summed E-state index contributed by atoms with van der Waals surface area (Å²) in [6.07, 6.45) is 5.00. The summed E-state index contributed by atoms with van der Waals surface area (Å²) in [6.45, 7) is 5.95. The molecule has 5 nitrogen and oxygen atoms in total. The van der Waals surface area contributed by atoms with E-state index in [9.17, 15) is 9.59 Å². The molecule has 0 radical (unpaired) electrons. The van der Waals surface area contributed by atoms with Crippen LogP contribution in [0.1, 0.15) is 19.8 Å². The van der Waals surface area contributed by atoms with Gasteiger partial charge in [-0.25, -0.2) is 4.79 Å². The monoisotopic (exact) mass is 256 g/mol. The summed E-state index contributed by atoms with van der Waals surface area (Å²) in [6, 6.07) is 0. The second kappa shape index (κ2) is 11.9. The number of hydrogen-bond acceptors (Lipinski definition) is 4. The lowest BCUT2D eigenvalue weighted by Gasteiger charge is -2.06. The van der Waals surface area contributed by atoms with Gasteiger partial charge in [-0.1, -0.05) is 12.7 Å². The van der Waals surface area contributed by atoms with Gasteiger partial charge in [-0.05, 0) is 40.4 Å². The molecule has 0 aromatic carbocycles. The fourth-order valence-corrected chi connectivity index (χ4v) is 0.910. The topological polar surface area (TPSA) is 72.6 Å². The highest BCUT2D eigenvalue weighted by Gasteiger charge is 1.95. The largest absolute Gasteiger partial charge is 0.466 e. The average molecular weight is 256 g/mol. The van der Waals surface area contributed by atoms with E-state index in [2.05, 4.69) is 16.2 Å². The Morgan fingerprint density at radius 1 is 1.39 bits per heavy atom. The summed E-state index contributed by atoms with van der Waals surface area (Å²) < 4.78 is 4.14. The third-order valence-corrected chi connectivity index (χ3v) is 2.02. The van der Waals surface area contributed by atoms with Crippen LogP contribution in [0.5, 0.6) is 0 Å². The first-order valence-electron chi connectivity index (χ1n) is 5.66. The third kappa shape index (κ3) is 14.4. The van der Waals surface area contributed by atoms with Gasteiger partial charge in [0.05, 0.1) is 7.11 Å². The van der Waals surface area contributed by atoms with Gasteiger partial charge >= 0.3 is 5.97 Å². The number of esters is 1. The van der Waals surface area contributed by atoms with Gasteiger partial charge < -0.3 is 15.4 Å². The van der Waals surface area contributed by atoms with Crippen LogP contribution in [-0.2, 0) is 14.3 Å². The number of allylic oxidation sites excluding steroid dienone is 1. The predicted molar refractivity (Wildman–Crippen MR) is 73.0 cm³/mol. The van der Waals surface area contributed by atoms with E-state index in [4.69, 9.17) is 5.73 Å². The lowest BCUT2D eigenvalue weighted by Crippen LogP contribution is -2.13. The number of rotatable bonds is 6. The number of carbonyl (C=O) groups is 2. The molecule has 0 saturated carbocycles. The van der Waals surface area contributed by atoms with E-state index < -0.39 is 5.97 Å². The molecule has 0 saturated heterocycles. The van der Waals surface area contributed by atoms with E-state index in [0.717, 1.165) is 25.5 Å². The van der Waals surface area contributed by atoms with E-state index in [1.807, 2.05) is 20.2 Å². The second-order valence-electron chi connectivity index (χ2n) is 3.92. The molecule has 0 bridgehead atoms. The van der Waals surface area contributed by atoms with Gasteiger partial charge in [-0.2, -0.15) is 0 Å². The number of carbonyl (C=O) groups excluding carboxylic acids is 2. The Hall–Kier alpha value is -1.62. The Bertz CT molecular complexity index is 297. The van der Waals surface area contributed by atoms with Crippen molar-refractivity contribution >= 4 is 11.9 Å². The Balaban J connectivity index is 0. The molecule has 18 heavy (non-hydrogen) atoms. The molecule has 2 N–H and O–H groups in total. The minimum atomic E-state index is -0.394. The van der Waals surface area contributed by atoms with Crippen LogP contribution in [0.4, 0.5) is 0 Å². The summed E-state index contributed by atoms with van der Waals surface area (Å²) in [4.78, 5) is 22.5. The quantitative estimate of drug-likeness (QED) is 0.439. The SMILES string of the molecule is C=CC(=O)OC.CC(=CCCCN(C)C)C(N)=O. The molecule has 0 aromatic heterocycles. The molecule has 104 valence electrons. The van der Waals surface area contributed by atoms with Crippen molar-refractivity contribution in [2.75, 3.05) is 27.7 Å². The van der Waals surface area contributed by atoms with E-state index in [0.29, 0.717) is 5.57 Å². The van der Waals surface area contributed by atoms with Crippen LogP contribution in [0.2, 0.25) is 0 Å². The molecule has 0 unspecified atom stereocenters. The van der Waals surface area contributed by atoms with Gasteiger partial charge in [0, 0.05) is 11.6 Å². The first-order valence-corrected chi connectivity index (χ1v) is 5.66. The smallest absolute Gasteiger partial charge is 0.329 e. The van der Waals surface area contributed by atoms with Crippen LogP contribution in [0.15, 0.2) is 24.3 Å². The zero-order valence-corrected chi connectivity index (χ0v) is 11.7. The fraction of sp³-hybridized carbons (Fsp3) is 0.538. The van der Waals surface area contributed by atoms with Crippen molar-refractivity contribution in [1.82, 2.24) is 4.90 Å². The Labute approximate surface area is 109 Å². The van der Waals surface area contributed by atoms with Crippen LogP contribution < -0.4 is 5.73 Å². The lowest BCUT2D eigenvalue weighted by atomic mass is 10.2. The molecule has 0 aliphatic heterocycles. The highest BCUT2D eigenvalue weighted by atomic mass is 16.5. The Kier molecular flexibility index (Phi) is 12.3. The van der Waals surface area contributed by atoms with E-state index in [-0.39, 0.29) is 5.91 Å². The fourth-order valence-electron chi connectivity index (χ4n) is 0.910. The first kappa shape index (κ1) is 18.7. The van der Waals surface area contributed by atoms with Crippen LogP contribution >= 0.6 is 0 Å². The Morgan fingerprint density at radius 3 is 2.22 bits per heavy atom. The van der Waals surface area contributed by atoms with Crippen LogP contribution in [-0.4, -0.2) is 44.5 Å². The van der Waals surface area contributed by atoms with Crippen molar-refractivity contribution in [3.05, 3.63) is 24.3 Å². The molecule has 5 heteroatoms. The van der Waals surface area contributed by atoms with Gasteiger partial charge in [0.25, 0.3) is 0 Å². The summed E-state index contributed by atoms with van der Waals surface area (Å²) in [5, 5.41) is 0. The van der Waals surface area contributed by atoms with E-state index in [1.54, 1.807) is 6.92 Å². The van der Waals surface area contributed by atoms with Gasteiger partial charge in [0.1, 0.15) is 0 Å². The molecule has 0 heterocycles. The van der Waals surface area contributed by atoms with Crippen LogP contribution in [0, 0.1) is 0 Å². The molecule has 0 fully saturated rings. The maximum Gasteiger partial charge on any atom is 0.329 e. The molecule has 0 aliphatic rings. The number of hydrogen-bond donors (Lipinski definition) is 1. The number of primary amides is 1. The Morgan fingerprint density at radius 2 is 1.94 bits per heavy atom. The summed E-state index contributed by atoms with van der Waals surface area (Å²) in [5.41, 5.74) is 5.72. The van der Waals surface area contributed by atoms with Gasteiger partial charge in [-0.3, -0.25) is 4.79 Å². The lowest BCUT2D eigenvalue weighted by molar-refractivity contribution is -0.134. The van der Waals surface area contributed by atoms with Crippen molar-refractivity contribution in [3.63, 3.8) is 0 Å². The normalized spacial score (nSPS) is 10.4. The molecule has 0 spiro atoms. The maximum atomic E-state index is 10.6. The summed E-state index contributed by atoms with van der Waals surface area (Å²) in [7, 11) is 5.37. The van der Waals surface area contributed by atoms with Crippen LogP contribution in [0.3, 0.4) is 0 Å². The van der Waals surface area contributed by atoms with Crippen molar-refractivity contribution < 1.29 is 14.3 Å². The zero-order chi connectivity index (χ0) is 14.6. The molecule has 0 rings (SSSR count). The van der Waals surface area contributed by atoms with Crippen molar-refractivity contribution in [3.8, 4) is 0 Å². The molecule has 0 aromatic rings. The number of nitrogens with zero attached hydrogens (tertiary/aromatic N) is 1. The first-order chi connectivity index (χ1) is 8.34. The minimum Gasteiger partial charge on any atom is -0.466 e. The summed E-state index contributed by atoms with van der Waals surface area (Å²) in [5.74, 6) is -0.713. The van der Waals surface area contributed by atoms with Crippen LogP contribution in [0.25, 0.3) is 0 Å². The van der Waals surface area contributed by atoms with E-state index >= 15 is 0 Å². The molecule has 1 amide bonds. The molecular weight excluding hydrogens is 232 g/mol. The third-order valence-electron chi connectivity index (χ3n) is 2.02. The van der Waals surface area contributed by atoms with Gasteiger partial charge in [0.15, 0.2) is 0 Å². The predicted octanol–water partition coefficient (Wildman–Crippen LogP) is 1.11. The average Bonchev–Trinajstić information content (AvgIpc) is 2.33.